The van der Waals surface area contributed by atoms with Crippen LogP contribution in [0.5, 0.6) is 0 Å². The molecule has 7 heteroatoms. The molecule has 1 saturated carbocycles. The maximum Gasteiger partial charge on any atom is 0.238 e. The lowest BCUT2D eigenvalue weighted by molar-refractivity contribution is -0.117. The van der Waals surface area contributed by atoms with Gasteiger partial charge in [-0.25, -0.2) is 13.6 Å². The van der Waals surface area contributed by atoms with E-state index in [9.17, 15) is 13.2 Å². The van der Waals surface area contributed by atoms with Gasteiger partial charge in [-0.05, 0) is 47.0 Å². The number of nitrogens with two attached hydrogens (primary N) is 1. The molecule has 1 aromatic rings. The molecule has 0 heterocycles. The van der Waals surface area contributed by atoms with Crippen molar-refractivity contribution >= 4 is 37.5 Å². The van der Waals surface area contributed by atoms with Crippen LogP contribution in [0.4, 0.5) is 5.69 Å². The minimum absolute atomic E-state index is 0.00814. The third-order valence-electron chi connectivity index (χ3n) is 2.48. The number of primary sulfonamides is 1. The van der Waals surface area contributed by atoms with Crippen LogP contribution in [0.1, 0.15) is 12.8 Å². The summed E-state index contributed by atoms with van der Waals surface area (Å²) in [7, 11) is -3.72. The number of rotatable bonds is 3. The molecule has 1 aromatic carbocycles. The molecule has 5 nitrogen and oxygen atoms in total. The zero-order chi connectivity index (χ0) is 12.6. The average Bonchev–Trinajstić information content (AvgIpc) is 3.02. The summed E-state index contributed by atoms with van der Waals surface area (Å²) in [6.45, 7) is 0. The smallest absolute Gasteiger partial charge is 0.238 e. The van der Waals surface area contributed by atoms with Crippen LogP contribution < -0.4 is 10.5 Å². The molecule has 0 aromatic heterocycles. The molecule has 1 aliphatic rings. The fourth-order valence-electron chi connectivity index (χ4n) is 1.35. The Kier molecular flexibility index (Phi) is 3.24. The van der Waals surface area contributed by atoms with E-state index in [-0.39, 0.29) is 16.7 Å². The number of sulfonamides is 1. The molecule has 17 heavy (non-hydrogen) atoms. The predicted octanol–water partition coefficient (Wildman–Crippen LogP) is 1.45. The SMILES string of the molecule is NS(=O)(=O)c1ccc(NC(=O)C2CC2)c(Br)c1. The van der Waals surface area contributed by atoms with Crippen molar-refractivity contribution in [3.05, 3.63) is 22.7 Å². The van der Waals surface area contributed by atoms with Gasteiger partial charge in [-0.1, -0.05) is 0 Å². The number of hydrogen-bond acceptors (Lipinski definition) is 3. The summed E-state index contributed by atoms with van der Waals surface area (Å²) in [4.78, 5) is 11.5. The standard InChI is InChI=1S/C10H11BrN2O3S/c11-8-5-7(17(12,15)16)3-4-9(8)13-10(14)6-1-2-6/h3-6H,1-2H2,(H,13,14)(H2,12,15,16). The summed E-state index contributed by atoms with van der Waals surface area (Å²) in [6.07, 6.45) is 1.83. The minimum atomic E-state index is -3.72. The fourth-order valence-corrected chi connectivity index (χ4v) is 2.52. The van der Waals surface area contributed by atoms with Gasteiger partial charge in [0, 0.05) is 10.4 Å². The number of hydrogen-bond donors (Lipinski definition) is 2. The summed E-state index contributed by atoms with van der Waals surface area (Å²) in [5.41, 5.74) is 0.550. The van der Waals surface area contributed by atoms with E-state index in [0.717, 1.165) is 12.8 Å². The lowest BCUT2D eigenvalue weighted by Gasteiger charge is -2.07. The van der Waals surface area contributed by atoms with Crippen LogP contribution in [0.15, 0.2) is 27.6 Å². The van der Waals surface area contributed by atoms with E-state index < -0.39 is 10.0 Å². The van der Waals surface area contributed by atoms with Crippen molar-refractivity contribution in [1.29, 1.82) is 0 Å². The van der Waals surface area contributed by atoms with E-state index in [1.807, 2.05) is 0 Å². The van der Waals surface area contributed by atoms with Crippen LogP contribution in [0.2, 0.25) is 0 Å². The zero-order valence-corrected chi connectivity index (χ0v) is 11.2. The first-order chi connectivity index (χ1) is 7.88. The molecule has 0 saturated heterocycles. The van der Waals surface area contributed by atoms with Crippen LogP contribution >= 0.6 is 15.9 Å². The topological polar surface area (TPSA) is 89.3 Å². The van der Waals surface area contributed by atoms with Crippen LogP contribution in [-0.2, 0) is 14.8 Å². The van der Waals surface area contributed by atoms with Crippen LogP contribution in [-0.4, -0.2) is 14.3 Å². The van der Waals surface area contributed by atoms with Crippen molar-refractivity contribution in [2.75, 3.05) is 5.32 Å². The first-order valence-electron chi connectivity index (χ1n) is 5.01. The molecule has 2 rings (SSSR count). The summed E-state index contributed by atoms with van der Waals surface area (Å²) in [5.74, 6) is 0.0638. The Morgan fingerprint density at radius 1 is 1.41 bits per heavy atom. The molecule has 3 N–H and O–H groups in total. The van der Waals surface area contributed by atoms with Gasteiger partial charge < -0.3 is 5.32 Å². The van der Waals surface area contributed by atoms with E-state index in [1.54, 1.807) is 0 Å². The van der Waals surface area contributed by atoms with Crippen molar-refractivity contribution in [1.82, 2.24) is 0 Å². The van der Waals surface area contributed by atoms with Gasteiger partial charge in [0.05, 0.1) is 10.6 Å². The van der Waals surface area contributed by atoms with E-state index in [2.05, 4.69) is 21.2 Å². The number of halogens is 1. The highest BCUT2D eigenvalue weighted by Crippen LogP contribution is 2.32. The van der Waals surface area contributed by atoms with E-state index in [1.165, 1.54) is 18.2 Å². The molecule has 0 atom stereocenters. The highest BCUT2D eigenvalue weighted by molar-refractivity contribution is 9.10. The van der Waals surface area contributed by atoms with Crippen LogP contribution in [0, 0.1) is 5.92 Å². The maximum absolute atomic E-state index is 11.5. The summed E-state index contributed by atoms with van der Waals surface area (Å²) < 4.78 is 22.7. The number of amides is 1. The second kappa shape index (κ2) is 4.40. The molecule has 0 aliphatic heterocycles. The lowest BCUT2D eigenvalue weighted by atomic mass is 10.3. The van der Waals surface area contributed by atoms with Crippen molar-refractivity contribution < 1.29 is 13.2 Å². The summed E-state index contributed by atoms with van der Waals surface area (Å²) in [5, 5.41) is 7.73. The molecule has 0 unspecified atom stereocenters. The molecule has 0 radical (unpaired) electrons. The Balaban J connectivity index is 2.22. The second-order valence-electron chi connectivity index (χ2n) is 3.95. The first-order valence-corrected chi connectivity index (χ1v) is 7.35. The Bertz CT molecular complexity index is 567. The number of anilines is 1. The average molecular weight is 319 g/mol. The normalized spacial score (nSPS) is 15.6. The number of carbonyl (C=O) groups is 1. The molecule has 1 fully saturated rings. The summed E-state index contributed by atoms with van der Waals surface area (Å²) in [6, 6.07) is 4.25. The van der Waals surface area contributed by atoms with Gasteiger partial charge in [0.2, 0.25) is 15.9 Å². The Morgan fingerprint density at radius 3 is 2.53 bits per heavy atom. The monoisotopic (exact) mass is 318 g/mol. The molecule has 1 aliphatic carbocycles. The first kappa shape index (κ1) is 12.5. The Labute approximate surface area is 108 Å². The van der Waals surface area contributed by atoms with E-state index in [0.29, 0.717) is 10.2 Å². The van der Waals surface area contributed by atoms with Crippen molar-refractivity contribution in [3.8, 4) is 0 Å². The van der Waals surface area contributed by atoms with Crippen molar-refractivity contribution in [2.45, 2.75) is 17.7 Å². The largest absolute Gasteiger partial charge is 0.325 e. The minimum Gasteiger partial charge on any atom is -0.325 e. The summed E-state index contributed by atoms with van der Waals surface area (Å²) >= 11 is 3.20. The van der Waals surface area contributed by atoms with Gasteiger partial charge in [-0.2, -0.15) is 0 Å². The Morgan fingerprint density at radius 2 is 2.06 bits per heavy atom. The van der Waals surface area contributed by atoms with Crippen LogP contribution in [0.3, 0.4) is 0 Å². The predicted molar refractivity (Wildman–Crippen MR) is 66.9 cm³/mol. The van der Waals surface area contributed by atoms with E-state index in [4.69, 9.17) is 5.14 Å². The van der Waals surface area contributed by atoms with Gasteiger partial charge in [0.15, 0.2) is 0 Å². The molecule has 92 valence electrons. The van der Waals surface area contributed by atoms with Crippen LogP contribution in [0.25, 0.3) is 0 Å². The third-order valence-corrected chi connectivity index (χ3v) is 4.04. The molecular formula is C10H11BrN2O3S. The Hall–Kier alpha value is -0.920. The quantitative estimate of drug-likeness (QED) is 0.883. The van der Waals surface area contributed by atoms with Crippen molar-refractivity contribution in [2.24, 2.45) is 11.1 Å². The van der Waals surface area contributed by atoms with Gasteiger partial charge in [-0.3, -0.25) is 4.79 Å². The van der Waals surface area contributed by atoms with E-state index >= 15 is 0 Å². The second-order valence-corrected chi connectivity index (χ2v) is 6.37. The molecule has 0 bridgehead atoms. The molecule has 1 amide bonds. The van der Waals surface area contributed by atoms with Gasteiger partial charge >= 0.3 is 0 Å². The highest BCUT2D eigenvalue weighted by atomic mass is 79.9. The third kappa shape index (κ3) is 3.05. The molecular weight excluding hydrogens is 308 g/mol. The highest BCUT2D eigenvalue weighted by Gasteiger charge is 2.29. The number of benzene rings is 1. The van der Waals surface area contributed by atoms with Gasteiger partial charge in [-0.15, -0.1) is 0 Å². The molecule has 0 spiro atoms. The van der Waals surface area contributed by atoms with Gasteiger partial charge in [0.25, 0.3) is 0 Å². The maximum atomic E-state index is 11.5. The fraction of sp³-hybridized carbons (Fsp3) is 0.300. The van der Waals surface area contributed by atoms with Crippen molar-refractivity contribution in [3.63, 3.8) is 0 Å². The van der Waals surface area contributed by atoms with Gasteiger partial charge in [0.1, 0.15) is 0 Å². The number of nitrogens with one attached hydrogen (secondary N) is 1. The number of carbonyl (C=O) groups excluding carboxylic acids is 1. The zero-order valence-electron chi connectivity index (χ0n) is 8.81. The lowest BCUT2D eigenvalue weighted by Crippen LogP contribution is -2.15.